The monoisotopic (exact) mass is 369 g/mol. The first kappa shape index (κ1) is 18.3. The largest absolute Gasteiger partial charge is 0.342 e. The Morgan fingerprint density at radius 2 is 1.68 bits per heavy atom. The summed E-state index contributed by atoms with van der Waals surface area (Å²) in [6.45, 7) is 3.63. The van der Waals surface area contributed by atoms with Crippen molar-refractivity contribution in [2.24, 2.45) is 0 Å². The minimum absolute atomic E-state index is 0.0228. The summed E-state index contributed by atoms with van der Waals surface area (Å²) >= 11 is 0. The van der Waals surface area contributed by atoms with Gasteiger partial charge in [0, 0.05) is 39.3 Å². The number of halogens is 1. The van der Waals surface area contributed by atoms with Crippen LogP contribution in [0.4, 0.5) is 4.39 Å². The van der Waals surface area contributed by atoms with Crippen molar-refractivity contribution in [3.8, 4) is 0 Å². The molecule has 0 aromatic heterocycles. The Bertz CT molecular complexity index is 712. The zero-order valence-corrected chi connectivity index (χ0v) is 15.0. The Labute approximate surface area is 148 Å². The van der Waals surface area contributed by atoms with E-state index in [4.69, 9.17) is 0 Å². The van der Waals surface area contributed by atoms with Crippen LogP contribution in [-0.2, 0) is 14.8 Å². The van der Waals surface area contributed by atoms with Gasteiger partial charge in [-0.1, -0.05) is 6.07 Å². The molecular weight excluding hydrogens is 345 g/mol. The number of hydrogen-bond acceptors (Lipinski definition) is 4. The first-order valence-corrected chi connectivity index (χ1v) is 10.2. The number of piperazine rings is 1. The van der Waals surface area contributed by atoms with Crippen molar-refractivity contribution in [2.75, 3.05) is 45.8 Å². The number of sulfonamides is 1. The molecule has 2 heterocycles. The Balaban J connectivity index is 1.55. The van der Waals surface area contributed by atoms with E-state index in [1.165, 1.54) is 28.9 Å². The summed E-state index contributed by atoms with van der Waals surface area (Å²) in [4.78, 5) is 16.2. The molecule has 0 bridgehead atoms. The number of carbonyl (C=O) groups is 1. The number of hydrogen-bond donors (Lipinski definition) is 0. The van der Waals surface area contributed by atoms with Gasteiger partial charge in [-0.3, -0.25) is 9.69 Å². The minimum atomic E-state index is -3.69. The van der Waals surface area contributed by atoms with Gasteiger partial charge in [-0.15, -0.1) is 0 Å². The number of piperidine rings is 1. The van der Waals surface area contributed by atoms with Gasteiger partial charge in [0.15, 0.2) is 0 Å². The fourth-order valence-corrected chi connectivity index (χ4v) is 4.79. The molecule has 1 aromatic carbocycles. The lowest BCUT2D eigenvalue weighted by molar-refractivity contribution is -0.133. The maximum Gasteiger partial charge on any atom is 0.243 e. The maximum absolute atomic E-state index is 13.3. The van der Waals surface area contributed by atoms with Crippen LogP contribution in [0.3, 0.4) is 0 Å². The number of likely N-dealkylation sites (tertiary alicyclic amines) is 1. The van der Waals surface area contributed by atoms with Crippen LogP contribution in [-0.4, -0.2) is 74.2 Å². The van der Waals surface area contributed by atoms with E-state index in [1.807, 2.05) is 9.80 Å². The highest BCUT2D eigenvalue weighted by Gasteiger charge is 2.30. The topological polar surface area (TPSA) is 60.9 Å². The Morgan fingerprint density at radius 1 is 1.00 bits per heavy atom. The van der Waals surface area contributed by atoms with Crippen LogP contribution in [0.2, 0.25) is 0 Å². The van der Waals surface area contributed by atoms with Crippen molar-refractivity contribution in [2.45, 2.75) is 24.2 Å². The Morgan fingerprint density at radius 3 is 2.32 bits per heavy atom. The maximum atomic E-state index is 13.3. The highest BCUT2D eigenvalue weighted by Crippen LogP contribution is 2.18. The number of amides is 1. The molecule has 2 aliphatic rings. The first-order chi connectivity index (χ1) is 12.0. The van der Waals surface area contributed by atoms with E-state index in [9.17, 15) is 17.6 Å². The Kier molecular flexibility index (Phi) is 5.71. The fourth-order valence-electron chi connectivity index (χ4n) is 3.34. The number of benzene rings is 1. The van der Waals surface area contributed by atoms with E-state index < -0.39 is 15.8 Å². The third-order valence-corrected chi connectivity index (χ3v) is 6.73. The summed E-state index contributed by atoms with van der Waals surface area (Å²) in [5.41, 5.74) is 0. The normalized spacial score (nSPS) is 20.6. The SMILES string of the molecule is O=C(CN1CCN(S(=O)(=O)c2cccc(F)c2)CC1)N1CCCCC1. The highest BCUT2D eigenvalue weighted by atomic mass is 32.2. The summed E-state index contributed by atoms with van der Waals surface area (Å²) < 4.78 is 39.8. The molecule has 0 saturated carbocycles. The summed E-state index contributed by atoms with van der Waals surface area (Å²) in [7, 11) is -3.69. The van der Waals surface area contributed by atoms with Crippen molar-refractivity contribution in [3.63, 3.8) is 0 Å². The quantitative estimate of drug-likeness (QED) is 0.799. The zero-order chi connectivity index (χ0) is 17.9. The van der Waals surface area contributed by atoms with Crippen LogP contribution in [0.1, 0.15) is 19.3 Å². The number of carbonyl (C=O) groups excluding carboxylic acids is 1. The number of rotatable bonds is 4. The summed E-state index contributed by atoms with van der Waals surface area (Å²) in [5.74, 6) is -0.437. The van der Waals surface area contributed by atoms with Crippen molar-refractivity contribution in [1.29, 1.82) is 0 Å². The lowest BCUT2D eigenvalue weighted by Crippen LogP contribution is -2.51. The molecule has 138 valence electrons. The summed E-state index contributed by atoms with van der Waals surface area (Å²) in [6, 6.07) is 5.07. The van der Waals surface area contributed by atoms with Crippen LogP contribution in [0.15, 0.2) is 29.2 Å². The molecule has 0 radical (unpaired) electrons. The van der Waals surface area contributed by atoms with E-state index in [0.717, 1.165) is 32.0 Å². The van der Waals surface area contributed by atoms with Crippen molar-refractivity contribution in [1.82, 2.24) is 14.1 Å². The van der Waals surface area contributed by atoms with Crippen LogP contribution in [0.5, 0.6) is 0 Å². The predicted molar refractivity (Wildman–Crippen MR) is 92.0 cm³/mol. The van der Waals surface area contributed by atoms with E-state index in [-0.39, 0.29) is 10.8 Å². The van der Waals surface area contributed by atoms with Crippen molar-refractivity contribution in [3.05, 3.63) is 30.1 Å². The van der Waals surface area contributed by atoms with Gasteiger partial charge in [0.05, 0.1) is 11.4 Å². The third-order valence-electron chi connectivity index (χ3n) is 4.83. The van der Waals surface area contributed by atoms with Gasteiger partial charge in [0.25, 0.3) is 0 Å². The van der Waals surface area contributed by atoms with E-state index >= 15 is 0 Å². The van der Waals surface area contributed by atoms with Gasteiger partial charge in [-0.25, -0.2) is 12.8 Å². The zero-order valence-electron chi connectivity index (χ0n) is 14.2. The van der Waals surface area contributed by atoms with E-state index in [1.54, 1.807) is 0 Å². The van der Waals surface area contributed by atoms with Gasteiger partial charge in [0.1, 0.15) is 5.82 Å². The van der Waals surface area contributed by atoms with Crippen molar-refractivity contribution >= 4 is 15.9 Å². The van der Waals surface area contributed by atoms with E-state index in [0.29, 0.717) is 32.7 Å². The lowest BCUT2D eigenvalue weighted by atomic mass is 10.1. The highest BCUT2D eigenvalue weighted by molar-refractivity contribution is 7.89. The second-order valence-electron chi connectivity index (χ2n) is 6.58. The molecule has 2 fully saturated rings. The fraction of sp³-hybridized carbons (Fsp3) is 0.588. The second-order valence-corrected chi connectivity index (χ2v) is 8.52. The molecule has 25 heavy (non-hydrogen) atoms. The van der Waals surface area contributed by atoms with Crippen molar-refractivity contribution < 1.29 is 17.6 Å². The Hall–Kier alpha value is -1.51. The second kappa shape index (κ2) is 7.80. The van der Waals surface area contributed by atoms with Gasteiger partial charge in [0.2, 0.25) is 15.9 Å². The molecular formula is C17H24FN3O3S. The van der Waals surface area contributed by atoms with Crippen LogP contribution in [0.25, 0.3) is 0 Å². The molecule has 0 atom stereocenters. The molecule has 0 N–H and O–H groups in total. The molecule has 8 heteroatoms. The summed E-state index contributed by atoms with van der Waals surface area (Å²) in [6.07, 6.45) is 3.30. The van der Waals surface area contributed by atoms with Gasteiger partial charge >= 0.3 is 0 Å². The molecule has 2 saturated heterocycles. The smallest absolute Gasteiger partial charge is 0.243 e. The lowest BCUT2D eigenvalue weighted by Gasteiger charge is -2.35. The average molecular weight is 369 g/mol. The van der Waals surface area contributed by atoms with Gasteiger partial charge < -0.3 is 4.90 Å². The van der Waals surface area contributed by atoms with Gasteiger partial charge in [-0.2, -0.15) is 4.31 Å². The van der Waals surface area contributed by atoms with Crippen LogP contribution < -0.4 is 0 Å². The molecule has 0 spiro atoms. The third kappa shape index (κ3) is 4.37. The molecule has 1 aromatic rings. The number of nitrogens with zero attached hydrogens (tertiary/aromatic N) is 3. The predicted octanol–water partition coefficient (Wildman–Crippen LogP) is 1.14. The van der Waals surface area contributed by atoms with E-state index in [2.05, 4.69) is 0 Å². The average Bonchev–Trinajstić information content (AvgIpc) is 2.63. The molecule has 1 amide bonds. The molecule has 2 aliphatic heterocycles. The van der Waals surface area contributed by atoms with Crippen LogP contribution in [0, 0.1) is 5.82 Å². The van der Waals surface area contributed by atoms with Gasteiger partial charge in [-0.05, 0) is 37.5 Å². The minimum Gasteiger partial charge on any atom is -0.342 e. The molecule has 3 rings (SSSR count). The molecule has 0 aliphatic carbocycles. The van der Waals surface area contributed by atoms with Crippen LogP contribution >= 0.6 is 0 Å². The first-order valence-electron chi connectivity index (χ1n) is 8.73. The standard InChI is InChI=1S/C17H24FN3O3S/c18-15-5-4-6-16(13-15)25(23,24)21-11-9-19(10-12-21)14-17(22)20-7-2-1-3-8-20/h4-6,13H,1-3,7-12,14H2. The summed E-state index contributed by atoms with van der Waals surface area (Å²) in [5, 5.41) is 0. The molecule has 6 nitrogen and oxygen atoms in total. The molecule has 0 unspecified atom stereocenters.